The number of Topliss-reactive ketones (excluding diaryl/α,β-unsaturated/α-hetero) is 1. The Balaban J connectivity index is 1.27. The minimum atomic E-state index is -0.297. The van der Waals surface area contributed by atoms with Gasteiger partial charge in [-0.3, -0.25) is 9.69 Å². The maximum absolute atomic E-state index is 13.5. The predicted octanol–water partition coefficient (Wildman–Crippen LogP) is 6.07. The number of carbonyl (C=O) groups excluding carboxylic acids is 1. The van der Waals surface area contributed by atoms with E-state index in [9.17, 15) is 9.18 Å². The molecule has 0 radical (unpaired) electrons. The molecule has 33 heavy (non-hydrogen) atoms. The maximum Gasteiger partial charge on any atom is 0.170 e. The molecule has 2 fully saturated rings. The summed E-state index contributed by atoms with van der Waals surface area (Å²) in [6.45, 7) is 4.43. The quantitative estimate of drug-likeness (QED) is 0.310. The fourth-order valence-electron chi connectivity index (χ4n) is 5.68. The van der Waals surface area contributed by atoms with Crippen LogP contribution in [-0.4, -0.2) is 46.8 Å². The molecule has 174 valence electrons. The predicted molar refractivity (Wildman–Crippen MR) is 128 cm³/mol. The van der Waals surface area contributed by atoms with Crippen molar-refractivity contribution in [2.24, 2.45) is 0 Å². The second-order valence-corrected chi connectivity index (χ2v) is 10.1. The van der Waals surface area contributed by atoms with Gasteiger partial charge in [-0.05, 0) is 76.1 Å². The van der Waals surface area contributed by atoms with Gasteiger partial charge in [0.1, 0.15) is 18.2 Å². The molecule has 3 aromatic rings. The minimum absolute atomic E-state index is 0.0645. The summed E-state index contributed by atoms with van der Waals surface area (Å²) in [5.41, 5.74) is 2.21. The highest BCUT2D eigenvalue weighted by molar-refractivity contribution is 7.98. The number of carbonyl (C=O) groups is 1. The molecule has 0 amide bonds. The number of aromatic nitrogens is 1. The van der Waals surface area contributed by atoms with E-state index in [1.165, 1.54) is 25.0 Å². The van der Waals surface area contributed by atoms with E-state index in [-0.39, 0.29) is 17.6 Å². The lowest BCUT2D eigenvalue weighted by atomic mass is 9.86. The van der Waals surface area contributed by atoms with Crippen LogP contribution in [0.2, 0.25) is 0 Å². The molecule has 3 atom stereocenters. The number of ketones is 1. The summed E-state index contributed by atoms with van der Waals surface area (Å²) in [6.07, 6.45) is 6.42. The highest BCUT2D eigenvalue weighted by Crippen LogP contribution is 2.45. The maximum atomic E-state index is 13.5. The molecule has 2 aromatic carbocycles. The minimum Gasteiger partial charge on any atom is -0.491 e. The van der Waals surface area contributed by atoms with Crippen LogP contribution < -0.4 is 4.74 Å². The van der Waals surface area contributed by atoms with E-state index in [2.05, 4.69) is 17.0 Å². The average Bonchev–Trinajstić information content (AvgIpc) is 3.34. The van der Waals surface area contributed by atoms with E-state index in [0.717, 1.165) is 34.6 Å². The molecule has 5 nitrogen and oxygen atoms in total. The highest BCUT2D eigenvalue weighted by atomic mass is 32.2. The van der Waals surface area contributed by atoms with Crippen LogP contribution in [0.3, 0.4) is 0 Å². The zero-order valence-corrected chi connectivity index (χ0v) is 20.0. The van der Waals surface area contributed by atoms with Crippen molar-refractivity contribution in [1.29, 1.82) is 0 Å². The number of benzene rings is 2. The SMILES string of the molecule is CSc1cc(C(C)=O)ccc1OCC(C)N1C2CCC1CC(c1noc3cc(F)ccc13)C2. The molecule has 2 aliphatic rings. The first-order chi connectivity index (χ1) is 15.9. The van der Waals surface area contributed by atoms with Crippen molar-refractivity contribution in [2.75, 3.05) is 12.9 Å². The molecule has 0 N–H and O–H groups in total. The second-order valence-electron chi connectivity index (χ2n) is 9.29. The topological polar surface area (TPSA) is 55.6 Å². The Kier molecular flexibility index (Phi) is 6.18. The number of hydrogen-bond acceptors (Lipinski definition) is 6. The van der Waals surface area contributed by atoms with Crippen molar-refractivity contribution in [3.05, 3.63) is 53.5 Å². The van der Waals surface area contributed by atoms with Gasteiger partial charge in [0.15, 0.2) is 11.4 Å². The monoisotopic (exact) mass is 468 g/mol. The number of fused-ring (bicyclic) bond motifs is 3. The lowest BCUT2D eigenvalue weighted by molar-refractivity contribution is 0.0566. The molecule has 2 saturated heterocycles. The van der Waals surface area contributed by atoms with Gasteiger partial charge in [-0.25, -0.2) is 4.39 Å². The summed E-state index contributed by atoms with van der Waals surface area (Å²) in [5, 5.41) is 5.26. The van der Waals surface area contributed by atoms with E-state index in [0.29, 0.717) is 35.8 Å². The first-order valence-electron chi connectivity index (χ1n) is 11.6. The Morgan fingerprint density at radius 1 is 1.24 bits per heavy atom. The summed E-state index contributed by atoms with van der Waals surface area (Å²) >= 11 is 1.60. The van der Waals surface area contributed by atoms with Crippen molar-refractivity contribution >= 4 is 28.5 Å². The zero-order valence-electron chi connectivity index (χ0n) is 19.2. The van der Waals surface area contributed by atoms with Crippen molar-refractivity contribution in [2.45, 2.75) is 68.5 Å². The Hall–Kier alpha value is -2.38. The number of thioether (sulfide) groups is 1. The zero-order chi connectivity index (χ0) is 23.1. The summed E-state index contributed by atoms with van der Waals surface area (Å²) < 4.78 is 25.2. The van der Waals surface area contributed by atoms with E-state index in [4.69, 9.17) is 9.26 Å². The van der Waals surface area contributed by atoms with Gasteiger partial charge in [0, 0.05) is 46.0 Å². The summed E-state index contributed by atoms with van der Waals surface area (Å²) in [6, 6.07) is 11.6. The van der Waals surface area contributed by atoms with Crippen LogP contribution in [0, 0.1) is 5.82 Å². The van der Waals surface area contributed by atoms with Gasteiger partial charge in [-0.1, -0.05) is 5.16 Å². The summed E-state index contributed by atoms with van der Waals surface area (Å²) in [4.78, 5) is 15.3. The third-order valence-corrected chi connectivity index (χ3v) is 7.96. The van der Waals surface area contributed by atoms with Gasteiger partial charge < -0.3 is 9.26 Å². The standard InChI is InChI=1S/C26H29FN2O3S/c1-15(14-31-23-9-4-17(16(2)30)12-25(23)33-3)29-20-6-7-21(29)11-18(10-20)26-22-8-5-19(27)13-24(22)32-28-26/h4-5,8-9,12-13,15,18,20-21H,6-7,10-11,14H2,1-3H3. The number of rotatable bonds is 7. The first kappa shape index (κ1) is 22.4. The van der Waals surface area contributed by atoms with Crippen LogP contribution in [-0.2, 0) is 0 Å². The molecule has 3 unspecified atom stereocenters. The van der Waals surface area contributed by atoms with Gasteiger partial charge in [0.2, 0.25) is 0 Å². The van der Waals surface area contributed by atoms with Gasteiger partial charge >= 0.3 is 0 Å². The molecule has 7 heteroatoms. The smallest absolute Gasteiger partial charge is 0.170 e. The Morgan fingerprint density at radius 2 is 2.00 bits per heavy atom. The second kappa shape index (κ2) is 9.11. The van der Waals surface area contributed by atoms with Gasteiger partial charge in [0.25, 0.3) is 0 Å². The number of hydrogen-bond donors (Lipinski definition) is 0. The highest BCUT2D eigenvalue weighted by Gasteiger charge is 2.44. The summed E-state index contributed by atoms with van der Waals surface area (Å²) in [5.74, 6) is 0.938. The van der Waals surface area contributed by atoms with Crippen LogP contribution in [0.15, 0.2) is 45.8 Å². The third kappa shape index (κ3) is 4.28. The largest absolute Gasteiger partial charge is 0.491 e. The fraction of sp³-hybridized carbons (Fsp3) is 0.462. The lowest BCUT2D eigenvalue weighted by Gasteiger charge is -2.42. The van der Waals surface area contributed by atoms with Gasteiger partial charge in [0.05, 0.1) is 5.69 Å². The third-order valence-electron chi connectivity index (χ3n) is 7.20. The molecule has 3 heterocycles. The Morgan fingerprint density at radius 3 is 2.70 bits per heavy atom. The van der Waals surface area contributed by atoms with Crippen LogP contribution in [0.25, 0.3) is 11.0 Å². The number of ether oxygens (including phenoxy) is 1. The number of nitrogens with zero attached hydrogens (tertiary/aromatic N) is 2. The Labute approximate surface area is 197 Å². The van der Waals surface area contributed by atoms with Crippen molar-refractivity contribution < 1.29 is 18.4 Å². The molecule has 2 aliphatic heterocycles. The van der Waals surface area contributed by atoms with E-state index in [1.54, 1.807) is 24.8 Å². The molecule has 0 saturated carbocycles. The van der Waals surface area contributed by atoms with Gasteiger partial charge in [-0.15, -0.1) is 11.8 Å². The molecule has 0 aliphatic carbocycles. The number of piperidine rings is 1. The molecular formula is C26H29FN2O3S. The number of halogens is 1. The summed E-state index contributed by atoms with van der Waals surface area (Å²) in [7, 11) is 0. The van der Waals surface area contributed by atoms with Crippen LogP contribution in [0.5, 0.6) is 5.75 Å². The molecule has 2 bridgehead atoms. The Bertz CT molecular complexity index is 1170. The van der Waals surface area contributed by atoms with Gasteiger partial charge in [-0.2, -0.15) is 0 Å². The van der Waals surface area contributed by atoms with Crippen molar-refractivity contribution in [3.63, 3.8) is 0 Å². The molecule has 1 aromatic heterocycles. The van der Waals surface area contributed by atoms with E-state index < -0.39 is 0 Å². The average molecular weight is 469 g/mol. The van der Waals surface area contributed by atoms with Crippen molar-refractivity contribution in [1.82, 2.24) is 10.1 Å². The van der Waals surface area contributed by atoms with Crippen LogP contribution >= 0.6 is 11.8 Å². The first-order valence-corrected chi connectivity index (χ1v) is 12.8. The normalized spacial score (nSPS) is 23.7. The molecular weight excluding hydrogens is 439 g/mol. The lowest BCUT2D eigenvalue weighted by Crippen LogP contribution is -2.49. The van der Waals surface area contributed by atoms with Crippen molar-refractivity contribution in [3.8, 4) is 5.75 Å². The van der Waals surface area contributed by atoms with Crippen LogP contribution in [0.1, 0.15) is 61.5 Å². The molecule has 0 spiro atoms. The van der Waals surface area contributed by atoms with E-state index >= 15 is 0 Å². The molecule has 5 rings (SSSR count). The fourth-order valence-corrected chi connectivity index (χ4v) is 6.26. The van der Waals surface area contributed by atoms with Crippen LogP contribution in [0.4, 0.5) is 4.39 Å². The van der Waals surface area contributed by atoms with E-state index in [1.807, 2.05) is 24.5 Å².